The summed E-state index contributed by atoms with van der Waals surface area (Å²) in [7, 11) is 0. The largest absolute Gasteiger partial charge is 0.476 e. The van der Waals surface area contributed by atoms with E-state index in [0.717, 1.165) is 16.7 Å². The molecule has 5 rings (SSSR count). The molecule has 0 saturated carbocycles. The molecule has 248 valence electrons. The van der Waals surface area contributed by atoms with Gasteiger partial charge in [-0.15, -0.1) is 5.10 Å². The summed E-state index contributed by atoms with van der Waals surface area (Å²) in [4.78, 5) is 44.1. The average Bonchev–Trinajstić information content (AvgIpc) is 3.74. The molecule has 0 unspecified atom stereocenters. The van der Waals surface area contributed by atoms with Crippen LogP contribution in [0.15, 0.2) is 102 Å². The Hall–Kier alpha value is -5.78. The summed E-state index contributed by atoms with van der Waals surface area (Å²) >= 11 is 0. The predicted octanol–water partition coefficient (Wildman–Crippen LogP) is 4.72. The first-order chi connectivity index (χ1) is 23.3. The van der Waals surface area contributed by atoms with Gasteiger partial charge in [-0.05, 0) is 42.6 Å². The Bertz CT molecular complexity index is 1720. The van der Waals surface area contributed by atoms with Crippen LogP contribution < -0.4 is 10.1 Å². The second-order valence-electron chi connectivity index (χ2n) is 10.8. The van der Waals surface area contributed by atoms with Gasteiger partial charge < -0.3 is 24.1 Å². The van der Waals surface area contributed by atoms with Crippen LogP contribution in [-0.4, -0.2) is 63.1 Å². The zero-order chi connectivity index (χ0) is 34.1. The third-order valence-corrected chi connectivity index (χ3v) is 7.73. The number of benzene rings is 3. The maximum absolute atomic E-state index is 13.5. The fraction of sp³-hybridized carbons (Fsp3) is 0.278. The zero-order valence-corrected chi connectivity index (χ0v) is 27.2. The second-order valence-corrected chi connectivity index (χ2v) is 10.8. The summed E-state index contributed by atoms with van der Waals surface area (Å²) in [5.74, 6) is -2.56. The van der Waals surface area contributed by atoms with Gasteiger partial charge >= 0.3 is 11.9 Å². The Morgan fingerprint density at radius 2 is 1.27 bits per heavy atom. The summed E-state index contributed by atoms with van der Waals surface area (Å²) in [6, 6.07) is 29.7. The van der Waals surface area contributed by atoms with E-state index in [4.69, 9.17) is 23.8 Å². The van der Waals surface area contributed by atoms with Gasteiger partial charge in [-0.1, -0.05) is 91.0 Å². The number of amides is 1. The highest BCUT2D eigenvalue weighted by molar-refractivity contribution is 6.08. The SMILES string of the molecule is CCOC(=O)C(Cc1c(OCC)noc1-c1ncn(C(c2ccccc2)(c2ccccc2)c2ccccc2)n1)(NC(C)=O)C(=O)OCC. The molecule has 0 aliphatic rings. The Labute approximate surface area is 278 Å². The molecule has 0 fully saturated rings. The molecule has 0 spiro atoms. The molecular weight excluding hydrogens is 614 g/mol. The minimum atomic E-state index is -2.28. The summed E-state index contributed by atoms with van der Waals surface area (Å²) < 4.78 is 23.9. The average molecular weight is 652 g/mol. The lowest BCUT2D eigenvalue weighted by atomic mass is 9.77. The van der Waals surface area contributed by atoms with Gasteiger partial charge in [0.1, 0.15) is 11.9 Å². The van der Waals surface area contributed by atoms with Gasteiger partial charge in [0.2, 0.25) is 23.0 Å². The molecule has 0 aliphatic heterocycles. The first kappa shape index (κ1) is 33.6. The molecule has 12 heteroatoms. The Kier molecular flexibility index (Phi) is 10.3. The molecule has 1 amide bonds. The monoisotopic (exact) mass is 651 g/mol. The summed E-state index contributed by atoms with van der Waals surface area (Å²) in [6.07, 6.45) is 1.11. The molecule has 2 heterocycles. The number of carbonyl (C=O) groups excluding carboxylic acids is 3. The van der Waals surface area contributed by atoms with Crippen molar-refractivity contribution >= 4 is 17.8 Å². The molecule has 1 N–H and O–H groups in total. The standard InChI is InChI=1S/C36H37N5O7/c1-5-45-32-29(23-35(38-25(4)42,33(43)46-6-2)34(44)47-7-3)30(48-40-32)31-37-24-41(39-31)36(26-17-11-8-12-18-26,27-19-13-9-14-20-27)28-21-15-10-16-22-28/h8-22,24H,5-7,23H2,1-4H3,(H,38,42). The number of carbonyl (C=O) groups is 3. The van der Waals surface area contributed by atoms with Crippen LogP contribution in [0.4, 0.5) is 0 Å². The van der Waals surface area contributed by atoms with Crippen LogP contribution in [0.2, 0.25) is 0 Å². The molecule has 5 aromatic rings. The highest BCUT2D eigenvalue weighted by Crippen LogP contribution is 2.41. The Morgan fingerprint density at radius 3 is 1.71 bits per heavy atom. The van der Waals surface area contributed by atoms with E-state index in [1.165, 1.54) is 6.92 Å². The number of nitrogens with one attached hydrogen (secondary N) is 1. The van der Waals surface area contributed by atoms with Gasteiger partial charge in [-0.2, -0.15) is 0 Å². The topological polar surface area (TPSA) is 148 Å². The van der Waals surface area contributed by atoms with E-state index in [0.29, 0.717) is 0 Å². The lowest BCUT2D eigenvalue weighted by Crippen LogP contribution is -2.62. The van der Waals surface area contributed by atoms with Crippen molar-refractivity contribution in [2.75, 3.05) is 19.8 Å². The van der Waals surface area contributed by atoms with E-state index in [1.54, 1.807) is 31.8 Å². The van der Waals surface area contributed by atoms with Crippen LogP contribution in [0.1, 0.15) is 49.9 Å². The van der Waals surface area contributed by atoms with Gasteiger partial charge in [0.25, 0.3) is 5.88 Å². The van der Waals surface area contributed by atoms with E-state index in [1.807, 2.05) is 91.0 Å². The van der Waals surface area contributed by atoms with Crippen LogP contribution in [0.3, 0.4) is 0 Å². The van der Waals surface area contributed by atoms with E-state index in [2.05, 4.69) is 15.5 Å². The van der Waals surface area contributed by atoms with Crippen molar-refractivity contribution in [2.45, 2.75) is 45.2 Å². The van der Waals surface area contributed by atoms with Crippen LogP contribution in [0.5, 0.6) is 5.88 Å². The number of hydrogen-bond acceptors (Lipinski definition) is 10. The van der Waals surface area contributed by atoms with Gasteiger partial charge in [0.15, 0.2) is 0 Å². The molecule has 0 bridgehead atoms. The maximum Gasteiger partial charge on any atom is 0.344 e. The van der Waals surface area contributed by atoms with Gasteiger partial charge in [-0.3, -0.25) is 4.79 Å². The maximum atomic E-state index is 13.5. The number of hydrogen-bond donors (Lipinski definition) is 1. The molecule has 48 heavy (non-hydrogen) atoms. The highest BCUT2D eigenvalue weighted by atomic mass is 16.6. The third kappa shape index (κ3) is 6.28. The van der Waals surface area contributed by atoms with Crippen LogP contribution in [-0.2, 0) is 35.8 Å². The molecular formula is C36H37N5O7. The number of esters is 2. The van der Waals surface area contributed by atoms with Crippen molar-refractivity contribution in [3.8, 4) is 17.5 Å². The molecule has 2 aromatic heterocycles. The lowest BCUT2D eigenvalue weighted by molar-refractivity contribution is -0.168. The summed E-state index contributed by atoms with van der Waals surface area (Å²) in [6.45, 7) is 6.19. The number of aromatic nitrogens is 4. The molecule has 12 nitrogen and oxygen atoms in total. The minimum Gasteiger partial charge on any atom is -0.476 e. The van der Waals surface area contributed by atoms with Crippen molar-refractivity contribution < 1.29 is 33.1 Å². The van der Waals surface area contributed by atoms with Crippen molar-refractivity contribution in [3.63, 3.8) is 0 Å². The van der Waals surface area contributed by atoms with Crippen molar-refractivity contribution in [1.29, 1.82) is 0 Å². The van der Waals surface area contributed by atoms with Gasteiger partial charge in [-0.25, -0.2) is 19.3 Å². The smallest absolute Gasteiger partial charge is 0.344 e. The van der Waals surface area contributed by atoms with E-state index in [-0.39, 0.29) is 42.8 Å². The quantitative estimate of drug-likeness (QED) is 0.102. The van der Waals surface area contributed by atoms with E-state index >= 15 is 0 Å². The number of ether oxygens (including phenoxy) is 3. The molecule has 3 aromatic carbocycles. The Morgan fingerprint density at radius 1 is 0.771 bits per heavy atom. The fourth-order valence-electron chi connectivity index (χ4n) is 5.79. The van der Waals surface area contributed by atoms with Crippen LogP contribution >= 0.6 is 0 Å². The van der Waals surface area contributed by atoms with E-state index < -0.39 is 35.3 Å². The zero-order valence-electron chi connectivity index (χ0n) is 27.2. The second kappa shape index (κ2) is 14.8. The van der Waals surface area contributed by atoms with Gasteiger partial charge in [0.05, 0.1) is 25.4 Å². The third-order valence-electron chi connectivity index (χ3n) is 7.73. The first-order valence-electron chi connectivity index (χ1n) is 15.6. The fourth-order valence-corrected chi connectivity index (χ4v) is 5.79. The first-order valence-corrected chi connectivity index (χ1v) is 15.6. The molecule has 0 saturated heterocycles. The van der Waals surface area contributed by atoms with Crippen molar-refractivity contribution in [3.05, 3.63) is 120 Å². The minimum absolute atomic E-state index is 0.00684. The van der Waals surface area contributed by atoms with Crippen LogP contribution in [0.25, 0.3) is 11.6 Å². The summed E-state index contributed by atoms with van der Waals surface area (Å²) in [5.41, 5.74) is -0.348. The van der Waals surface area contributed by atoms with Crippen molar-refractivity contribution in [2.24, 2.45) is 0 Å². The molecule has 0 aliphatic carbocycles. The molecule has 0 radical (unpaired) electrons. The molecule has 0 atom stereocenters. The van der Waals surface area contributed by atoms with Gasteiger partial charge in [0, 0.05) is 13.3 Å². The summed E-state index contributed by atoms with van der Waals surface area (Å²) in [5, 5.41) is 11.5. The van der Waals surface area contributed by atoms with Crippen LogP contribution in [0, 0.1) is 0 Å². The number of rotatable bonds is 14. The highest BCUT2D eigenvalue weighted by Gasteiger charge is 2.52. The predicted molar refractivity (Wildman–Crippen MR) is 175 cm³/mol. The normalized spacial score (nSPS) is 11.5. The van der Waals surface area contributed by atoms with Crippen molar-refractivity contribution in [1.82, 2.24) is 25.2 Å². The number of nitrogens with zero attached hydrogens (tertiary/aromatic N) is 4. The Balaban J connectivity index is 1.73. The van der Waals surface area contributed by atoms with E-state index in [9.17, 15) is 14.4 Å². The lowest BCUT2D eigenvalue weighted by Gasteiger charge is -2.35.